The molecule has 0 aromatic heterocycles. The third kappa shape index (κ3) is 5.06. The maximum atomic E-state index is 12.4. The molecule has 0 bridgehead atoms. The van der Waals surface area contributed by atoms with E-state index in [0.717, 1.165) is 37.3 Å². The Balaban J connectivity index is 1.95. The number of ether oxygens (including phenoxy) is 2. The first kappa shape index (κ1) is 19.8. The lowest BCUT2D eigenvalue weighted by Crippen LogP contribution is -2.45. The highest BCUT2D eigenvalue weighted by molar-refractivity contribution is 6.32. The smallest absolute Gasteiger partial charge is 0.495 e. The lowest BCUT2D eigenvalue weighted by molar-refractivity contribution is -0.274. The molecule has 0 spiro atoms. The van der Waals surface area contributed by atoms with Crippen molar-refractivity contribution in [1.82, 2.24) is 10.2 Å². The number of nitrogens with one attached hydrogen (secondary N) is 1. The lowest BCUT2D eigenvalue weighted by atomic mass is 9.96. The minimum atomic E-state index is -4.71. The van der Waals surface area contributed by atoms with Crippen LogP contribution in [0.2, 0.25) is 5.02 Å². The van der Waals surface area contributed by atoms with Crippen molar-refractivity contribution in [3.8, 4) is 11.5 Å². The quantitative estimate of drug-likeness (QED) is 0.814. The molecule has 1 heterocycles. The second kappa shape index (κ2) is 8.37. The minimum Gasteiger partial charge on any atom is -0.495 e. The summed E-state index contributed by atoms with van der Waals surface area (Å²) < 4.78 is 46.5. The number of rotatable bonds is 5. The Kier molecular flexibility index (Phi) is 6.14. The number of alkyl halides is 3. The van der Waals surface area contributed by atoms with Crippen molar-refractivity contribution in [3.05, 3.63) is 58.6 Å². The Morgan fingerprint density at radius 3 is 2.26 bits per heavy atom. The highest BCUT2D eigenvalue weighted by Crippen LogP contribution is 2.35. The van der Waals surface area contributed by atoms with Crippen molar-refractivity contribution in [1.29, 1.82) is 0 Å². The summed E-state index contributed by atoms with van der Waals surface area (Å²) >= 11 is 6.14. The van der Waals surface area contributed by atoms with Gasteiger partial charge in [-0.3, -0.25) is 4.90 Å². The molecule has 1 aliphatic rings. The van der Waals surface area contributed by atoms with Gasteiger partial charge in [-0.05, 0) is 35.4 Å². The average Bonchev–Trinajstić information content (AvgIpc) is 2.64. The zero-order valence-corrected chi connectivity index (χ0v) is 15.5. The first-order valence-electron chi connectivity index (χ1n) is 8.51. The molecule has 1 fully saturated rings. The zero-order valence-electron chi connectivity index (χ0n) is 14.7. The summed E-state index contributed by atoms with van der Waals surface area (Å²) in [5.41, 5.74) is 1.83. The molecule has 0 unspecified atom stereocenters. The number of hydrogen-bond acceptors (Lipinski definition) is 4. The highest BCUT2D eigenvalue weighted by Gasteiger charge is 2.31. The van der Waals surface area contributed by atoms with Gasteiger partial charge in [-0.2, -0.15) is 0 Å². The van der Waals surface area contributed by atoms with Crippen LogP contribution in [0.25, 0.3) is 0 Å². The summed E-state index contributed by atoms with van der Waals surface area (Å²) in [4.78, 5) is 2.28. The van der Waals surface area contributed by atoms with Crippen molar-refractivity contribution in [2.24, 2.45) is 0 Å². The van der Waals surface area contributed by atoms with Gasteiger partial charge in [0.2, 0.25) is 0 Å². The monoisotopic (exact) mass is 400 g/mol. The van der Waals surface area contributed by atoms with E-state index in [2.05, 4.69) is 15.0 Å². The van der Waals surface area contributed by atoms with Gasteiger partial charge in [0.25, 0.3) is 0 Å². The zero-order chi connectivity index (χ0) is 19.4. The highest BCUT2D eigenvalue weighted by atomic mass is 35.5. The van der Waals surface area contributed by atoms with Gasteiger partial charge >= 0.3 is 6.36 Å². The maximum absolute atomic E-state index is 12.4. The van der Waals surface area contributed by atoms with Crippen molar-refractivity contribution in [2.75, 3.05) is 33.3 Å². The molecule has 0 aliphatic carbocycles. The molecule has 4 nitrogen and oxygen atoms in total. The van der Waals surface area contributed by atoms with Gasteiger partial charge in [-0.25, -0.2) is 0 Å². The van der Waals surface area contributed by atoms with E-state index in [1.165, 1.54) is 12.1 Å². The summed E-state index contributed by atoms with van der Waals surface area (Å²) in [6.07, 6.45) is -4.71. The summed E-state index contributed by atoms with van der Waals surface area (Å²) in [5, 5.41) is 3.82. The van der Waals surface area contributed by atoms with Crippen molar-refractivity contribution in [3.63, 3.8) is 0 Å². The van der Waals surface area contributed by atoms with E-state index in [0.29, 0.717) is 10.8 Å². The summed E-state index contributed by atoms with van der Waals surface area (Å²) in [6, 6.07) is 11.4. The Labute approximate surface area is 160 Å². The summed E-state index contributed by atoms with van der Waals surface area (Å²) in [6.45, 7) is 3.32. The summed E-state index contributed by atoms with van der Waals surface area (Å²) in [5.74, 6) is 0.324. The molecule has 0 saturated carbocycles. The maximum Gasteiger partial charge on any atom is 0.573 e. The topological polar surface area (TPSA) is 33.7 Å². The predicted molar refractivity (Wildman–Crippen MR) is 97.4 cm³/mol. The fraction of sp³-hybridized carbons (Fsp3) is 0.368. The normalized spacial score (nSPS) is 16.8. The molecule has 1 saturated heterocycles. The second-order valence-electron chi connectivity index (χ2n) is 6.20. The molecule has 1 N–H and O–H groups in total. The van der Waals surface area contributed by atoms with Crippen LogP contribution in [-0.4, -0.2) is 44.6 Å². The van der Waals surface area contributed by atoms with Crippen LogP contribution in [0.1, 0.15) is 17.2 Å². The van der Waals surface area contributed by atoms with Crippen molar-refractivity contribution >= 4 is 11.6 Å². The van der Waals surface area contributed by atoms with Gasteiger partial charge in [0, 0.05) is 26.2 Å². The Bertz CT molecular complexity index is 763. The van der Waals surface area contributed by atoms with Crippen LogP contribution < -0.4 is 14.8 Å². The largest absolute Gasteiger partial charge is 0.573 e. The number of halogens is 4. The molecule has 1 aliphatic heterocycles. The standard InChI is InChI=1S/C19H20ClF3N2O2/c1-26-17-12-14(4-7-16(17)20)18(25-10-8-24-9-11-25)13-2-5-15(6-3-13)27-19(21,22)23/h2-7,12,18,24H,8-11H2,1H3/t18-/m0/s1. The molecular weight excluding hydrogens is 381 g/mol. The molecule has 27 heavy (non-hydrogen) atoms. The van der Waals surface area contributed by atoms with Crippen LogP contribution in [0.5, 0.6) is 11.5 Å². The Morgan fingerprint density at radius 1 is 1.04 bits per heavy atom. The second-order valence-corrected chi connectivity index (χ2v) is 6.61. The van der Waals surface area contributed by atoms with Crippen LogP contribution >= 0.6 is 11.6 Å². The van der Waals surface area contributed by atoms with E-state index in [4.69, 9.17) is 16.3 Å². The van der Waals surface area contributed by atoms with Gasteiger partial charge in [0.1, 0.15) is 11.5 Å². The summed E-state index contributed by atoms with van der Waals surface area (Å²) in [7, 11) is 1.55. The Morgan fingerprint density at radius 2 is 1.67 bits per heavy atom. The fourth-order valence-electron chi connectivity index (χ4n) is 3.25. The number of methoxy groups -OCH3 is 1. The fourth-order valence-corrected chi connectivity index (χ4v) is 3.45. The van der Waals surface area contributed by atoms with E-state index < -0.39 is 6.36 Å². The van der Waals surface area contributed by atoms with E-state index in [-0.39, 0.29) is 11.8 Å². The Hall–Kier alpha value is -1.96. The van der Waals surface area contributed by atoms with E-state index in [1.54, 1.807) is 25.3 Å². The molecule has 8 heteroatoms. The third-order valence-corrected chi connectivity index (χ3v) is 4.75. The van der Waals surface area contributed by atoms with Crippen LogP contribution in [0.15, 0.2) is 42.5 Å². The predicted octanol–water partition coefficient (Wildman–Crippen LogP) is 4.24. The van der Waals surface area contributed by atoms with Gasteiger partial charge in [0.15, 0.2) is 0 Å². The van der Waals surface area contributed by atoms with Crippen LogP contribution in [0.4, 0.5) is 13.2 Å². The molecule has 2 aromatic carbocycles. The molecule has 3 rings (SSSR count). The van der Waals surface area contributed by atoms with Crippen molar-refractivity contribution < 1.29 is 22.6 Å². The van der Waals surface area contributed by atoms with Gasteiger partial charge < -0.3 is 14.8 Å². The van der Waals surface area contributed by atoms with E-state index >= 15 is 0 Å². The number of piperazine rings is 1. The molecule has 1 atom stereocenters. The van der Waals surface area contributed by atoms with E-state index in [9.17, 15) is 13.2 Å². The van der Waals surface area contributed by atoms with Crippen LogP contribution in [-0.2, 0) is 0 Å². The minimum absolute atomic E-state index is 0.127. The average molecular weight is 401 g/mol. The number of nitrogens with zero attached hydrogens (tertiary/aromatic N) is 1. The third-order valence-electron chi connectivity index (χ3n) is 4.44. The van der Waals surface area contributed by atoms with Gasteiger partial charge in [-0.1, -0.05) is 29.8 Å². The van der Waals surface area contributed by atoms with Crippen molar-refractivity contribution in [2.45, 2.75) is 12.4 Å². The molecule has 0 radical (unpaired) electrons. The SMILES string of the molecule is COc1cc([C@H](c2ccc(OC(F)(F)F)cc2)N2CCNCC2)ccc1Cl. The molecule has 146 valence electrons. The lowest BCUT2D eigenvalue weighted by Gasteiger charge is -2.35. The first-order chi connectivity index (χ1) is 12.9. The van der Waals surface area contributed by atoms with Gasteiger partial charge in [0.05, 0.1) is 18.2 Å². The van der Waals surface area contributed by atoms with E-state index in [1.807, 2.05) is 12.1 Å². The van der Waals surface area contributed by atoms with Crippen LogP contribution in [0, 0.1) is 0 Å². The molecular formula is C19H20ClF3N2O2. The first-order valence-corrected chi connectivity index (χ1v) is 8.89. The number of hydrogen-bond donors (Lipinski definition) is 1. The van der Waals surface area contributed by atoms with Crippen LogP contribution in [0.3, 0.4) is 0 Å². The number of benzene rings is 2. The van der Waals surface area contributed by atoms with Gasteiger partial charge in [-0.15, -0.1) is 13.2 Å². The molecule has 2 aromatic rings. The molecule has 0 amide bonds.